The summed E-state index contributed by atoms with van der Waals surface area (Å²) < 4.78 is 9.18. The van der Waals surface area contributed by atoms with E-state index in [4.69, 9.17) is 19.4 Å². The van der Waals surface area contributed by atoms with Crippen molar-refractivity contribution in [3.8, 4) is 73.2 Å². The molecule has 62 heavy (non-hydrogen) atoms. The molecule has 5 nitrogen and oxygen atoms in total. The van der Waals surface area contributed by atoms with Crippen molar-refractivity contribution in [3.05, 3.63) is 218 Å². The quantitative estimate of drug-likeness (QED) is 0.161. The summed E-state index contributed by atoms with van der Waals surface area (Å²) in [5, 5.41) is 4.60. The monoisotopic (exact) mass is 792 g/mol. The second kappa shape index (κ2) is 14.7. The molecular formula is C57H36N4O. The molecule has 0 aliphatic heterocycles. The first-order valence-corrected chi connectivity index (χ1v) is 20.8. The minimum Gasteiger partial charge on any atom is -0.455 e. The van der Waals surface area contributed by atoms with Crippen molar-refractivity contribution in [1.82, 2.24) is 19.5 Å². The molecule has 0 N–H and O–H groups in total. The van der Waals surface area contributed by atoms with Crippen molar-refractivity contribution < 1.29 is 4.42 Å². The molecule has 0 saturated carbocycles. The summed E-state index contributed by atoms with van der Waals surface area (Å²) in [5.41, 5.74) is 14.5. The Balaban J connectivity index is 0.960. The Morgan fingerprint density at radius 3 is 1.34 bits per heavy atom. The standard InChI is InChI=1S/C57H36N4O/c1-4-13-37(14-5-1)39-23-29-42(30-24-39)55-58-56(43-31-25-40(26-32-43)38-15-6-2-7-16-38)60-57(59-55)44-33-27-41(28-34-44)46-20-12-21-49-52-51(62-54(46)49)36-35-48-47-19-10-11-22-50(47)61(53(48)52)45-17-8-3-9-18-45/h1-36H. The molecule has 12 aromatic rings. The Morgan fingerprint density at radius 1 is 0.323 bits per heavy atom. The fraction of sp³-hybridized carbons (Fsp3) is 0. The molecule has 0 spiro atoms. The average molecular weight is 793 g/mol. The van der Waals surface area contributed by atoms with E-state index in [-0.39, 0.29) is 0 Å². The molecule has 3 heterocycles. The summed E-state index contributed by atoms with van der Waals surface area (Å²) in [4.78, 5) is 15.2. The second-order valence-corrected chi connectivity index (χ2v) is 15.6. The summed E-state index contributed by atoms with van der Waals surface area (Å²) in [6, 6.07) is 76.1. The molecule has 0 atom stereocenters. The van der Waals surface area contributed by atoms with E-state index in [1.807, 2.05) is 12.1 Å². The van der Waals surface area contributed by atoms with Crippen LogP contribution in [0.15, 0.2) is 223 Å². The topological polar surface area (TPSA) is 56.7 Å². The predicted molar refractivity (Wildman–Crippen MR) is 254 cm³/mol. The van der Waals surface area contributed by atoms with Gasteiger partial charge < -0.3 is 8.98 Å². The van der Waals surface area contributed by atoms with Gasteiger partial charge in [0.25, 0.3) is 0 Å². The maximum Gasteiger partial charge on any atom is 0.164 e. The number of hydrogen-bond acceptors (Lipinski definition) is 4. The van der Waals surface area contributed by atoms with Crippen LogP contribution in [0.2, 0.25) is 0 Å². The van der Waals surface area contributed by atoms with Gasteiger partial charge in [-0.15, -0.1) is 0 Å². The number of aromatic nitrogens is 4. The lowest BCUT2D eigenvalue weighted by atomic mass is 10.00. The molecule has 290 valence electrons. The molecule has 9 aromatic carbocycles. The van der Waals surface area contributed by atoms with Crippen LogP contribution < -0.4 is 0 Å². The number of hydrogen-bond donors (Lipinski definition) is 0. The minimum atomic E-state index is 0.605. The molecule has 0 amide bonds. The van der Waals surface area contributed by atoms with Crippen LogP contribution in [0.4, 0.5) is 0 Å². The summed E-state index contributed by atoms with van der Waals surface area (Å²) in [6.07, 6.45) is 0. The highest BCUT2D eigenvalue weighted by atomic mass is 16.3. The number of fused-ring (bicyclic) bond motifs is 7. The van der Waals surface area contributed by atoms with Crippen LogP contribution >= 0.6 is 0 Å². The Kier molecular flexibility index (Phi) is 8.42. The van der Waals surface area contributed by atoms with E-state index in [0.717, 1.165) is 83.2 Å². The molecule has 5 heteroatoms. The van der Waals surface area contributed by atoms with Gasteiger partial charge in [0.15, 0.2) is 17.5 Å². The van der Waals surface area contributed by atoms with E-state index in [0.29, 0.717) is 17.5 Å². The SMILES string of the molecule is c1ccc(-c2ccc(-c3nc(-c4ccc(-c5ccccc5)cc4)nc(-c4ccc(-c5cccc6c5oc5ccc7c8ccccc8n(-c8ccccc8)c7c56)cc4)n3)cc2)cc1. The number of benzene rings is 9. The van der Waals surface area contributed by atoms with E-state index in [1.54, 1.807) is 0 Å². The van der Waals surface area contributed by atoms with E-state index < -0.39 is 0 Å². The van der Waals surface area contributed by atoms with Gasteiger partial charge in [0.05, 0.1) is 16.4 Å². The highest BCUT2D eigenvalue weighted by Gasteiger charge is 2.21. The van der Waals surface area contributed by atoms with E-state index in [1.165, 1.54) is 16.3 Å². The molecule has 0 aliphatic rings. The molecule has 0 unspecified atom stereocenters. The zero-order chi connectivity index (χ0) is 41.0. The molecule has 0 fully saturated rings. The maximum atomic E-state index is 6.80. The van der Waals surface area contributed by atoms with Crippen molar-refractivity contribution in [2.75, 3.05) is 0 Å². The third-order valence-corrected chi connectivity index (χ3v) is 11.9. The van der Waals surface area contributed by atoms with Gasteiger partial charge in [-0.1, -0.05) is 188 Å². The zero-order valence-electron chi connectivity index (χ0n) is 33.5. The number of furan rings is 1. The van der Waals surface area contributed by atoms with Crippen molar-refractivity contribution in [1.29, 1.82) is 0 Å². The summed E-state index contributed by atoms with van der Waals surface area (Å²) in [5.74, 6) is 1.84. The minimum absolute atomic E-state index is 0.605. The third kappa shape index (κ3) is 6.06. The second-order valence-electron chi connectivity index (χ2n) is 15.6. The fourth-order valence-corrected chi connectivity index (χ4v) is 8.86. The lowest BCUT2D eigenvalue weighted by Gasteiger charge is -2.10. The van der Waals surface area contributed by atoms with Crippen LogP contribution in [0.1, 0.15) is 0 Å². The normalized spacial score (nSPS) is 11.5. The van der Waals surface area contributed by atoms with Gasteiger partial charge in [-0.05, 0) is 58.1 Å². The molecule has 0 bridgehead atoms. The van der Waals surface area contributed by atoms with Gasteiger partial charge in [0.1, 0.15) is 11.2 Å². The van der Waals surface area contributed by atoms with E-state index >= 15 is 0 Å². The van der Waals surface area contributed by atoms with Crippen molar-refractivity contribution in [3.63, 3.8) is 0 Å². The lowest BCUT2D eigenvalue weighted by Crippen LogP contribution is -2.00. The van der Waals surface area contributed by atoms with E-state index in [9.17, 15) is 0 Å². The van der Waals surface area contributed by atoms with Crippen LogP contribution in [-0.2, 0) is 0 Å². The van der Waals surface area contributed by atoms with Crippen molar-refractivity contribution >= 4 is 43.7 Å². The molecule has 0 radical (unpaired) electrons. The first kappa shape index (κ1) is 35.5. The van der Waals surface area contributed by atoms with Crippen molar-refractivity contribution in [2.24, 2.45) is 0 Å². The third-order valence-electron chi connectivity index (χ3n) is 11.9. The Bertz CT molecular complexity index is 3480. The summed E-state index contributed by atoms with van der Waals surface area (Å²) in [6.45, 7) is 0. The average Bonchev–Trinajstić information content (AvgIpc) is 3.91. The molecular weight excluding hydrogens is 757 g/mol. The van der Waals surface area contributed by atoms with Gasteiger partial charge in [0.2, 0.25) is 0 Å². The first-order chi connectivity index (χ1) is 30.7. The van der Waals surface area contributed by atoms with Gasteiger partial charge in [-0.25, -0.2) is 15.0 Å². The zero-order valence-corrected chi connectivity index (χ0v) is 33.5. The number of rotatable bonds is 7. The lowest BCUT2D eigenvalue weighted by molar-refractivity contribution is 0.670. The fourth-order valence-electron chi connectivity index (χ4n) is 8.86. The van der Waals surface area contributed by atoms with Crippen LogP contribution in [0.3, 0.4) is 0 Å². The largest absolute Gasteiger partial charge is 0.455 e. The van der Waals surface area contributed by atoms with Gasteiger partial charge in [-0.3, -0.25) is 0 Å². The Morgan fingerprint density at radius 2 is 0.774 bits per heavy atom. The highest BCUT2D eigenvalue weighted by molar-refractivity contribution is 6.25. The number of para-hydroxylation sites is 3. The molecule has 0 saturated heterocycles. The van der Waals surface area contributed by atoms with Crippen LogP contribution in [0.25, 0.3) is 117 Å². The van der Waals surface area contributed by atoms with Crippen LogP contribution in [0.5, 0.6) is 0 Å². The summed E-state index contributed by atoms with van der Waals surface area (Å²) in [7, 11) is 0. The smallest absolute Gasteiger partial charge is 0.164 e. The Hall–Kier alpha value is -8.41. The van der Waals surface area contributed by atoms with Gasteiger partial charge in [-0.2, -0.15) is 0 Å². The maximum absolute atomic E-state index is 6.80. The number of nitrogens with zero attached hydrogens (tertiary/aromatic N) is 4. The highest BCUT2D eigenvalue weighted by Crippen LogP contribution is 2.43. The van der Waals surface area contributed by atoms with Gasteiger partial charge in [0, 0.05) is 44.1 Å². The van der Waals surface area contributed by atoms with E-state index in [2.05, 4.69) is 211 Å². The molecule has 0 aliphatic carbocycles. The van der Waals surface area contributed by atoms with Crippen LogP contribution in [0, 0.1) is 0 Å². The van der Waals surface area contributed by atoms with Crippen LogP contribution in [-0.4, -0.2) is 19.5 Å². The molecule has 3 aromatic heterocycles. The van der Waals surface area contributed by atoms with Crippen molar-refractivity contribution in [2.45, 2.75) is 0 Å². The Labute approximate surface area is 357 Å². The summed E-state index contributed by atoms with van der Waals surface area (Å²) >= 11 is 0. The first-order valence-electron chi connectivity index (χ1n) is 20.8. The molecule has 12 rings (SSSR count). The van der Waals surface area contributed by atoms with Gasteiger partial charge >= 0.3 is 0 Å². The predicted octanol–water partition coefficient (Wildman–Crippen LogP) is 14.9.